The fourth-order valence-corrected chi connectivity index (χ4v) is 1.05. The number of nitrogens with zero attached hydrogens (tertiary/aromatic N) is 1. The molecule has 1 rings (SSSR count). The van der Waals surface area contributed by atoms with Crippen molar-refractivity contribution in [3.8, 4) is 0 Å². The van der Waals surface area contributed by atoms with E-state index in [9.17, 15) is 0 Å². The summed E-state index contributed by atoms with van der Waals surface area (Å²) in [5.74, 6) is 0. The molecule has 1 heteroatoms. The summed E-state index contributed by atoms with van der Waals surface area (Å²) in [6.07, 6.45) is 5.40. The Morgan fingerprint density at radius 1 is 1.08 bits per heavy atom. The molecule has 0 saturated carbocycles. The van der Waals surface area contributed by atoms with Crippen LogP contribution in [0.15, 0.2) is 43.5 Å². The first-order valence-corrected chi connectivity index (χ1v) is 4.03. The van der Waals surface area contributed by atoms with E-state index < -0.39 is 0 Å². The molecule has 0 atom stereocenters. The van der Waals surface area contributed by atoms with Crippen LogP contribution in [0.4, 0.5) is 0 Å². The van der Waals surface area contributed by atoms with E-state index in [2.05, 4.69) is 18.1 Å². The lowest BCUT2D eigenvalue weighted by molar-refractivity contribution is 1.03. The molecular weight excluding hydrogens is 146 g/mol. The topological polar surface area (TPSA) is 12.9 Å². The molecule has 0 amide bonds. The summed E-state index contributed by atoms with van der Waals surface area (Å²) in [6, 6.07) is 6.03. The molecule has 0 N–H and O–H groups in total. The minimum absolute atomic E-state index is 0.838. The van der Waals surface area contributed by atoms with Gasteiger partial charge in [-0.25, -0.2) is 0 Å². The van der Waals surface area contributed by atoms with E-state index in [1.54, 1.807) is 0 Å². The van der Waals surface area contributed by atoms with E-state index >= 15 is 0 Å². The fourth-order valence-electron chi connectivity index (χ4n) is 1.05. The number of aromatic nitrogens is 1. The second-order valence-electron chi connectivity index (χ2n) is 2.61. The van der Waals surface area contributed by atoms with Gasteiger partial charge in [0.15, 0.2) is 0 Å². The molecule has 1 heterocycles. The van der Waals surface area contributed by atoms with Gasteiger partial charge in [-0.1, -0.05) is 18.2 Å². The maximum absolute atomic E-state index is 4.41. The summed E-state index contributed by atoms with van der Waals surface area (Å²) in [5, 5.41) is 0. The van der Waals surface area contributed by atoms with Crippen LogP contribution in [0.5, 0.6) is 0 Å². The molecule has 12 heavy (non-hydrogen) atoms. The number of allylic oxidation sites excluding steroid dienone is 2. The number of pyridine rings is 1. The average molecular weight is 159 g/mol. The second-order valence-corrected chi connectivity index (χ2v) is 2.61. The average Bonchev–Trinajstić information content (AvgIpc) is 2.06. The van der Waals surface area contributed by atoms with E-state index in [0.29, 0.717) is 0 Å². The van der Waals surface area contributed by atoms with Crippen molar-refractivity contribution in [2.75, 3.05) is 0 Å². The molecule has 0 bridgehead atoms. The standard InChI is InChI=1S/C11H13N/c1-3-6-10-8-5-9-11(12-10)7-4-2/h3-5,8-9H,1-2,6-7H2. The van der Waals surface area contributed by atoms with Crippen LogP contribution in [0.2, 0.25) is 0 Å². The zero-order valence-corrected chi connectivity index (χ0v) is 7.16. The van der Waals surface area contributed by atoms with Gasteiger partial charge < -0.3 is 0 Å². The number of hydrogen-bond donors (Lipinski definition) is 0. The Bertz CT molecular complexity index is 251. The van der Waals surface area contributed by atoms with E-state index in [4.69, 9.17) is 0 Å². The summed E-state index contributed by atoms with van der Waals surface area (Å²) < 4.78 is 0. The maximum atomic E-state index is 4.41. The van der Waals surface area contributed by atoms with Gasteiger partial charge >= 0.3 is 0 Å². The van der Waals surface area contributed by atoms with Gasteiger partial charge in [0.1, 0.15) is 0 Å². The lowest BCUT2D eigenvalue weighted by Gasteiger charge is -1.98. The molecule has 0 fully saturated rings. The first-order chi connectivity index (χ1) is 5.86. The van der Waals surface area contributed by atoms with Gasteiger partial charge in [0, 0.05) is 24.2 Å². The van der Waals surface area contributed by atoms with Crippen LogP contribution < -0.4 is 0 Å². The highest BCUT2D eigenvalue weighted by atomic mass is 14.7. The highest BCUT2D eigenvalue weighted by molar-refractivity contribution is 5.14. The Kier molecular flexibility index (Phi) is 3.27. The molecule has 1 aromatic rings. The molecule has 62 valence electrons. The van der Waals surface area contributed by atoms with Crippen molar-refractivity contribution >= 4 is 0 Å². The molecule has 0 spiro atoms. The SMILES string of the molecule is C=CCc1cccc(CC=C)n1. The smallest absolute Gasteiger partial charge is 0.0444 e. The van der Waals surface area contributed by atoms with Crippen molar-refractivity contribution in [1.82, 2.24) is 4.98 Å². The molecule has 0 aliphatic carbocycles. The van der Waals surface area contributed by atoms with Crippen LogP contribution in [-0.4, -0.2) is 4.98 Å². The predicted molar refractivity (Wildman–Crippen MR) is 52.0 cm³/mol. The third-order valence-corrected chi connectivity index (χ3v) is 1.57. The molecule has 0 aromatic carbocycles. The largest absolute Gasteiger partial charge is 0.257 e. The number of hydrogen-bond acceptors (Lipinski definition) is 1. The Labute approximate surface area is 73.5 Å². The van der Waals surface area contributed by atoms with Gasteiger partial charge in [0.2, 0.25) is 0 Å². The van der Waals surface area contributed by atoms with E-state index in [1.807, 2.05) is 30.4 Å². The first-order valence-electron chi connectivity index (χ1n) is 4.03. The normalized spacial score (nSPS) is 9.33. The zero-order valence-electron chi connectivity index (χ0n) is 7.16. The fraction of sp³-hybridized carbons (Fsp3) is 0.182. The first kappa shape index (κ1) is 8.72. The van der Waals surface area contributed by atoms with Crippen LogP contribution >= 0.6 is 0 Å². The Balaban J connectivity index is 2.79. The molecule has 0 saturated heterocycles. The quantitative estimate of drug-likeness (QED) is 0.615. The van der Waals surface area contributed by atoms with Crippen LogP contribution in [-0.2, 0) is 12.8 Å². The lowest BCUT2D eigenvalue weighted by Crippen LogP contribution is -1.92. The van der Waals surface area contributed by atoms with Crippen molar-refractivity contribution in [3.05, 3.63) is 54.9 Å². The maximum Gasteiger partial charge on any atom is 0.0444 e. The van der Waals surface area contributed by atoms with Crippen molar-refractivity contribution in [1.29, 1.82) is 0 Å². The molecule has 0 radical (unpaired) electrons. The van der Waals surface area contributed by atoms with E-state index in [0.717, 1.165) is 24.2 Å². The van der Waals surface area contributed by atoms with Gasteiger partial charge in [-0.3, -0.25) is 4.98 Å². The Hall–Kier alpha value is -1.37. The van der Waals surface area contributed by atoms with Gasteiger partial charge in [0.25, 0.3) is 0 Å². The highest BCUT2D eigenvalue weighted by Crippen LogP contribution is 2.01. The Morgan fingerprint density at radius 2 is 1.58 bits per heavy atom. The highest BCUT2D eigenvalue weighted by Gasteiger charge is 1.93. The van der Waals surface area contributed by atoms with Crippen LogP contribution in [0, 0.1) is 0 Å². The van der Waals surface area contributed by atoms with Crippen LogP contribution in [0.25, 0.3) is 0 Å². The molecule has 0 aliphatic heterocycles. The third-order valence-electron chi connectivity index (χ3n) is 1.57. The zero-order chi connectivity index (χ0) is 8.81. The molecule has 1 nitrogen and oxygen atoms in total. The lowest BCUT2D eigenvalue weighted by atomic mass is 10.2. The van der Waals surface area contributed by atoms with Crippen molar-refractivity contribution in [2.45, 2.75) is 12.8 Å². The molecule has 1 aromatic heterocycles. The number of rotatable bonds is 4. The summed E-state index contributed by atoms with van der Waals surface area (Å²) in [4.78, 5) is 4.41. The van der Waals surface area contributed by atoms with Crippen molar-refractivity contribution < 1.29 is 0 Å². The summed E-state index contributed by atoms with van der Waals surface area (Å²) >= 11 is 0. The Morgan fingerprint density at radius 3 is 2.00 bits per heavy atom. The van der Waals surface area contributed by atoms with Crippen molar-refractivity contribution in [2.24, 2.45) is 0 Å². The van der Waals surface area contributed by atoms with Gasteiger partial charge in [0.05, 0.1) is 0 Å². The third kappa shape index (κ3) is 2.35. The van der Waals surface area contributed by atoms with E-state index in [1.165, 1.54) is 0 Å². The van der Waals surface area contributed by atoms with E-state index in [-0.39, 0.29) is 0 Å². The van der Waals surface area contributed by atoms with Gasteiger partial charge in [-0.15, -0.1) is 13.2 Å². The van der Waals surface area contributed by atoms with Crippen LogP contribution in [0.1, 0.15) is 11.4 Å². The van der Waals surface area contributed by atoms with Gasteiger partial charge in [-0.2, -0.15) is 0 Å². The summed E-state index contributed by atoms with van der Waals surface area (Å²) in [7, 11) is 0. The summed E-state index contributed by atoms with van der Waals surface area (Å²) in [6.45, 7) is 7.34. The second kappa shape index (κ2) is 4.50. The monoisotopic (exact) mass is 159 g/mol. The van der Waals surface area contributed by atoms with Gasteiger partial charge in [-0.05, 0) is 12.1 Å². The van der Waals surface area contributed by atoms with Crippen LogP contribution in [0.3, 0.4) is 0 Å². The molecule has 0 unspecified atom stereocenters. The minimum Gasteiger partial charge on any atom is -0.257 e. The molecular formula is C11H13N. The van der Waals surface area contributed by atoms with Crippen molar-refractivity contribution in [3.63, 3.8) is 0 Å². The minimum atomic E-state index is 0.838. The predicted octanol–water partition coefficient (Wildman–Crippen LogP) is 2.54. The summed E-state index contributed by atoms with van der Waals surface area (Å²) in [5.41, 5.74) is 2.15. The molecule has 0 aliphatic rings.